The van der Waals surface area contributed by atoms with E-state index in [1.165, 1.54) is 12.1 Å². The van der Waals surface area contributed by atoms with E-state index < -0.39 is 17.4 Å². The third-order valence-corrected chi connectivity index (χ3v) is 5.32. The first kappa shape index (κ1) is 19.8. The molecule has 4 rings (SSSR count). The van der Waals surface area contributed by atoms with Crippen molar-refractivity contribution in [2.75, 3.05) is 0 Å². The second kappa shape index (κ2) is 8.10. The number of nitrogens with zero attached hydrogens (tertiary/aromatic N) is 2. The average molecular weight is 407 g/mol. The molecule has 0 spiro atoms. The highest BCUT2D eigenvalue weighted by Crippen LogP contribution is 2.35. The number of unbranched alkanes of at least 4 members (excludes halogenated alkanes) is 1. The maximum Gasteiger partial charge on any atom is 0.325 e. The van der Waals surface area contributed by atoms with Crippen LogP contribution < -0.4 is 5.32 Å². The first-order chi connectivity index (χ1) is 14.5. The summed E-state index contributed by atoms with van der Waals surface area (Å²) in [4.78, 5) is 31.5. The number of oxazole rings is 1. The van der Waals surface area contributed by atoms with Gasteiger partial charge in [-0.05, 0) is 24.1 Å². The highest BCUT2D eigenvalue weighted by molar-refractivity contribution is 6.07. The standard InChI is InChI=1S/C23H22FN3O3/c1-2-3-13-23(17-9-11-18(24)12-10-17)21(28)27(22(29)26-23)15-20-25-14-19(30-20)16-7-5-4-6-8-16/h4-12,14H,2-3,13,15H2,1H3,(H,26,29)/t23-/m0/s1. The summed E-state index contributed by atoms with van der Waals surface area (Å²) in [6.45, 7) is 1.93. The maximum absolute atomic E-state index is 13.4. The fraction of sp³-hybridized carbons (Fsp3) is 0.261. The molecule has 3 amide bonds. The number of rotatable bonds is 7. The van der Waals surface area contributed by atoms with Crippen LogP contribution in [0.4, 0.5) is 9.18 Å². The molecule has 1 atom stereocenters. The summed E-state index contributed by atoms with van der Waals surface area (Å²) in [5, 5.41) is 2.84. The molecule has 1 aliphatic heterocycles. The molecule has 154 valence electrons. The van der Waals surface area contributed by atoms with Crippen LogP contribution in [0.2, 0.25) is 0 Å². The number of amides is 3. The van der Waals surface area contributed by atoms with Crippen LogP contribution in [-0.2, 0) is 16.9 Å². The quantitative estimate of drug-likeness (QED) is 0.580. The van der Waals surface area contributed by atoms with Gasteiger partial charge < -0.3 is 9.73 Å². The minimum Gasteiger partial charge on any atom is -0.439 e. The van der Waals surface area contributed by atoms with Crippen molar-refractivity contribution in [1.82, 2.24) is 15.2 Å². The molecule has 6 nitrogen and oxygen atoms in total. The van der Waals surface area contributed by atoms with Gasteiger partial charge in [-0.3, -0.25) is 9.69 Å². The number of nitrogens with one attached hydrogen (secondary N) is 1. The van der Waals surface area contributed by atoms with E-state index in [-0.39, 0.29) is 18.3 Å². The molecule has 2 aromatic carbocycles. The van der Waals surface area contributed by atoms with Crippen molar-refractivity contribution in [3.05, 3.63) is 78.1 Å². The van der Waals surface area contributed by atoms with E-state index in [1.54, 1.807) is 18.3 Å². The van der Waals surface area contributed by atoms with Gasteiger partial charge in [0.05, 0.1) is 6.20 Å². The second-order valence-corrected chi connectivity index (χ2v) is 7.32. The van der Waals surface area contributed by atoms with Crippen LogP contribution in [0.5, 0.6) is 0 Å². The lowest BCUT2D eigenvalue weighted by Gasteiger charge is -2.27. The molecule has 0 bridgehead atoms. The molecule has 1 aliphatic rings. The SMILES string of the molecule is CCCC[C@@]1(c2ccc(F)cc2)NC(=O)N(Cc2ncc(-c3ccccc3)o2)C1=O. The normalized spacial score (nSPS) is 18.7. The van der Waals surface area contributed by atoms with Crippen LogP contribution >= 0.6 is 0 Å². The van der Waals surface area contributed by atoms with Gasteiger partial charge in [0, 0.05) is 5.56 Å². The first-order valence-corrected chi connectivity index (χ1v) is 9.94. The summed E-state index contributed by atoms with van der Waals surface area (Å²) < 4.78 is 19.2. The fourth-order valence-electron chi connectivity index (χ4n) is 3.71. The van der Waals surface area contributed by atoms with Crippen molar-refractivity contribution in [3.63, 3.8) is 0 Å². The molecular weight excluding hydrogens is 385 g/mol. The average Bonchev–Trinajstić information content (AvgIpc) is 3.33. The number of carbonyl (C=O) groups is 2. The van der Waals surface area contributed by atoms with Crippen LogP contribution in [0.25, 0.3) is 11.3 Å². The minimum atomic E-state index is -1.21. The molecule has 7 heteroatoms. The van der Waals surface area contributed by atoms with Crippen LogP contribution in [0.3, 0.4) is 0 Å². The van der Waals surface area contributed by atoms with Crippen molar-refractivity contribution in [2.24, 2.45) is 0 Å². The zero-order valence-electron chi connectivity index (χ0n) is 16.6. The Morgan fingerprint density at radius 1 is 1.10 bits per heavy atom. The van der Waals surface area contributed by atoms with E-state index in [0.29, 0.717) is 17.7 Å². The van der Waals surface area contributed by atoms with Gasteiger partial charge in [-0.25, -0.2) is 14.2 Å². The third-order valence-electron chi connectivity index (χ3n) is 5.32. The summed E-state index contributed by atoms with van der Waals surface area (Å²) >= 11 is 0. The number of urea groups is 1. The van der Waals surface area contributed by atoms with Crippen LogP contribution in [0.15, 0.2) is 65.2 Å². The molecule has 0 unspecified atom stereocenters. The Hall–Kier alpha value is -3.48. The van der Waals surface area contributed by atoms with Gasteiger partial charge >= 0.3 is 6.03 Å². The van der Waals surface area contributed by atoms with Gasteiger partial charge in [-0.1, -0.05) is 62.2 Å². The molecule has 2 heterocycles. The van der Waals surface area contributed by atoms with E-state index >= 15 is 0 Å². The zero-order valence-corrected chi connectivity index (χ0v) is 16.6. The predicted molar refractivity (Wildman–Crippen MR) is 109 cm³/mol. The van der Waals surface area contributed by atoms with Crippen LogP contribution in [0, 0.1) is 5.82 Å². The number of carbonyl (C=O) groups excluding carboxylic acids is 2. The Morgan fingerprint density at radius 3 is 2.53 bits per heavy atom. The number of benzene rings is 2. The van der Waals surface area contributed by atoms with Crippen LogP contribution in [-0.4, -0.2) is 21.8 Å². The predicted octanol–water partition coefficient (Wildman–Crippen LogP) is 4.62. The molecule has 1 N–H and O–H groups in total. The smallest absolute Gasteiger partial charge is 0.325 e. The summed E-state index contributed by atoms with van der Waals surface area (Å²) in [5.41, 5.74) is 0.211. The number of aromatic nitrogens is 1. The van der Waals surface area contributed by atoms with Gasteiger partial charge in [-0.15, -0.1) is 0 Å². The van der Waals surface area contributed by atoms with E-state index in [0.717, 1.165) is 23.3 Å². The van der Waals surface area contributed by atoms with Crippen molar-refractivity contribution in [1.29, 1.82) is 0 Å². The Kier molecular flexibility index (Phi) is 5.35. The highest BCUT2D eigenvalue weighted by Gasteiger charge is 2.52. The van der Waals surface area contributed by atoms with E-state index in [4.69, 9.17) is 4.42 Å². The molecule has 0 radical (unpaired) electrons. The van der Waals surface area contributed by atoms with Gasteiger partial charge in [-0.2, -0.15) is 0 Å². The molecule has 3 aromatic rings. The zero-order chi connectivity index (χ0) is 21.1. The summed E-state index contributed by atoms with van der Waals surface area (Å²) in [6.07, 6.45) is 3.59. The Bertz CT molecular complexity index is 1050. The number of hydrogen-bond acceptors (Lipinski definition) is 4. The molecule has 30 heavy (non-hydrogen) atoms. The van der Waals surface area contributed by atoms with Crippen LogP contribution in [0.1, 0.15) is 37.6 Å². The van der Waals surface area contributed by atoms with E-state index in [9.17, 15) is 14.0 Å². The first-order valence-electron chi connectivity index (χ1n) is 9.94. The van der Waals surface area contributed by atoms with Crippen molar-refractivity contribution in [2.45, 2.75) is 38.3 Å². The van der Waals surface area contributed by atoms with E-state index in [1.807, 2.05) is 37.3 Å². The lowest BCUT2D eigenvalue weighted by molar-refractivity contribution is -0.132. The van der Waals surface area contributed by atoms with Crippen molar-refractivity contribution >= 4 is 11.9 Å². The summed E-state index contributed by atoms with van der Waals surface area (Å²) in [6, 6.07) is 14.6. The third kappa shape index (κ3) is 3.58. The molecule has 1 fully saturated rings. The fourth-order valence-corrected chi connectivity index (χ4v) is 3.71. The number of halogens is 1. The topological polar surface area (TPSA) is 75.4 Å². The highest BCUT2D eigenvalue weighted by atomic mass is 19.1. The van der Waals surface area contributed by atoms with E-state index in [2.05, 4.69) is 10.3 Å². The number of imide groups is 1. The van der Waals surface area contributed by atoms with Gasteiger partial charge in [0.2, 0.25) is 5.89 Å². The lowest BCUT2D eigenvalue weighted by atomic mass is 9.85. The minimum absolute atomic E-state index is 0.0768. The molecular formula is C23H22FN3O3. The Labute approximate surface area is 173 Å². The summed E-state index contributed by atoms with van der Waals surface area (Å²) in [5.74, 6) is 0.0504. The van der Waals surface area contributed by atoms with Gasteiger partial charge in [0.1, 0.15) is 17.9 Å². The van der Waals surface area contributed by atoms with Crippen molar-refractivity contribution < 1.29 is 18.4 Å². The monoisotopic (exact) mass is 407 g/mol. The molecule has 0 aliphatic carbocycles. The molecule has 1 saturated heterocycles. The maximum atomic E-state index is 13.4. The van der Waals surface area contributed by atoms with Crippen molar-refractivity contribution in [3.8, 4) is 11.3 Å². The molecule has 0 saturated carbocycles. The lowest BCUT2D eigenvalue weighted by Crippen LogP contribution is -2.44. The van der Waals surface area contributed by atoms with Gasteiger partial charge in [0.25, 0.3) is 5.91 Å². The number of hydrogen-bond donors (Lipinski definition) is 1. The summed E-state index contributed by atoms with van der Waals surface area (Å²) in [7, 11) is 0. The molecule has 1 aromatic heterocycles. The Balaban J connectivity index is 1.60. The largest absolute Gasteiger partial charge is 0.439 e. The van der Waals surface area contributed by atoms with Gasteiger partial charge in [0.15, 0.2) is 5.76 Å². The second-order valence-electron chi connectivity index (χ2n) is 7.32. The Morgan fingerprint density at radius 2 is 1.83 bits per heavy atom.